The van der Waals surface area contributed by atoms with Crippen molar-refractivity contribution in [2.24, 2.45) is 7.05 Å². The molecule has 0 atom stereocenters. The molecule has 0 fully saturated rings. The highest BCUT2D eigenvalue weighted by Gasteiger charge is 2.10. The first-order chi connectivity index (χ1) is 16.0. The number of benzene rings is 2. The van der Waals surface area contributed by atoms with E-state index >= 15 is 0 Å². The number of carbonyl (C=O) groups excluding carboxylic acids is 1. The van der Waals surface area contributed by atoms with Crippen LogP contribution >= 0.6 is 0 Å². The van der Waals surface area contributed by atoms with Crippen molar-refractivity contribution < 1.29 is 13.6 Å². The fraction of sp³-hybridized carbons (Fsp3) is 0.200. The fourth-order valence-corrected chi connectivity index (χ4v) is 3.43. The molecule has 0 saturated carbocycles. The van der Waals surface area contributed by atoms with Gasteiger partial charge in [-0.1, -0.05) is 19.1 Å². The van der Waals surface area contributed by atoms with E-state index < -0.39 is 0 Å². The Labute approximate surface area is 191 Å². The molecule has 0 aliphatic heterocycles. The zero-order valence-electron chi connectivity index (χ0n) is 18.5. The maximum absolute atomic E-state index is 13.3. The molecule has 0 bridgehead atoms. The largest absolute Gasteiger partial charge is 0.425 e. The van der Waals surface area contributed by atoms with Crippen LogP contribution < -0.4 is 5.32 Å². The minimum atomic E-state index is -0.302. The van der Waals surface area contributed by atoms with Gasteiger partial charge in [-0.25, -0.2) is 4.39 Å². The predicted octanol–water partition coefficient (Wildman–Crippen LogP) is 4.61. The maximum atomic E-state index is 13.3. The third-order valence-electron chi connectivity index (χ3n) is 5.16. The molecule has 0 saturated heterocycles. The SMILES string of the molecule is CCc1nnc(CCc2ccc(NC(=O)/C=C/c3cnn(C)c3-c3ccc(F)cc3)cc2)o1. The van der Waals surface area contributed by atoms with Gasteiger partial charge in [0.25, 0.3) is 0 Å². The Morgan fingerprint density at radius 3 is 2.48 bits per heavy atom. The molecular weight excluding hydrogens is 421 g/mol. The highest BCUT2D eigenvalue weighted by molar-refractivity contribution is 6.02. The van der Waals surface area contributed by atoms with Gasteiger partial charge in [0.2, 0.25) is 17.7 Å². The summed E-state index contributed by atoms with van der Waals surface area (Å²) in [6, 6.07) is 13.8. The number of aromatic nitrogens is 4. The van der Waals surface area contributed by atoms with Gasteiger partial charge in [-0.05, 0) is 54.5 Å². The topological polar surface area (TPSA) is 85.8 Å². The van der Waals surface area contributed by atoms with Gasteiger partial charge in [0.1, 0.15) is 5.82 Å². The van der Waals surface area contributed by atoms with Gasteiger partial charge in [-0.3, -0.25) is 9.48 Å². The van der Waals surface area contributed by atoms with E-state index in [4.69, 9.17) is 4.42 Å². The number of hydrogen-bond acceptors (Lipinski definition) is 5. The molecule has 0 radical (unpaired) electrons. The summed E-state index contributed by atoms with van der Waals surface area (Å²) < 4.78 is 20.5. The summed E-state index contributed by atoms with van der Waals surface area (Å²) in [7, 11) is 1.80. The second-order valence-electron chi connectivity index (χ2n) is 7.54. The van der Waals surface area contributed by atoms with Crippen LogP contribution in [0.3, 0.4) is 0 Å². The number of carbonyl (C=O) groups is 1. The predicted molar refractivity (Wildman–Crippen MR) is 124 cm³/mol. The molecule has 1 N–H and O–H groups in total. The van der Waals surface area contributed by atoms with Crippen LogP contribution in [0.1, 0.15) is 29.8 Å². The molecule has 0 aliphatic carbocycles. The summed E-state index contributed by atoms with van der Waals surface area (Å²) in [6.45, 7) is 1.97. The average Bonchev–Trinajstić information content (AvgIpc) is 3.44. The van der Waals surface area contributed by atoms with Crippen molar-refractivity contribution in [2.45, 2.75) is 26.2 Å². The molecule has 33 heavy (non-hydrogen) atoms. The van der Waals surface area contributed by atoms with E-state index in [2.05, 4.69) is 20.6 Å². The Balaban J connectivity index is 1.36. The minimum absolute atomic E-state index is 0.255. The van der Waals surface area contributed by atoms with Gasteiger partial charge in [0.05, 0.1) is 11.9 Å². The quantitative estimate of drug-likeness (QED) is 0.400. The van der Waals surface area contributed by atoms with Crippen LogP contribution in [-0.4, -0.2) is 25.9 Å². The molecule has 2 aromatic carbocycles. The molecule has 4 rings (SSSR count). The second-order valence-corrected chi connectivity index (χ2v) is 7.54. The lowest BCUT2D eigenvalue weighted by Gasteiger charge is -2.05. The first kappa shape index (κ1) is 22.1. The monoisotopic (exact) mass is 445 g/mol. The summed E-state index contributed by atoms with van der Waals surface area (Å²) in [4.78, 5) is 12.4. The van der Waals surface area contributed by atoms with Crippen molar-refractivity contribution in [3.8, 4) is 11.3 Å². The lowest BCUT2D eigenvalue weighted by atomic mass is 10.1. The Bertz CT molecular complexity index is 1260. The zero-order valence-corrected chi connectivity index (χ0v) is 18.5. The van der Waals surface area contributed by atoms with Crippen LogP contribution in [-0.2, 0) is 31.1 Å². The molecule has 2 heterocycles. The minimum Gasteiger partial charge on any atom is -0.425 e. The molecule has 0 spiro atoms. The van der Waals surface area contributed by atoms with Gasteiger partial charge in [0.15, 0.2) is 0 Å². The van der Waals surface area contributed by atoms with Crippen LogP contribution in [0.4, 0.5) is 10.1 Å². The zero-order chi connectivity index (χ0) is 23.2. The van der Waals surface area contributed by atoms with Gasteiger partial charge in [-0.15, -0.1) is 10.2 Å². The third kappa shape index (κ3) is 5.60. The van der Waals surface area contributed by atoms with E-state index in [9.17, 15) is 9.18 Å². The highest BCUT2D eigenvalue weighted by atomic mass is 19.1. The van der Waals surface area contributed by atoms with Crippen molar-refractivity contribution in [3.05, 3.63) is 89.5 Å². The lowest BCUT2D eigenvalue weighted by Crippen LogP contribution is -2.07. The number of hydrogen-bond donors (Lipinski definition) is 1. The molecule has 1 amide bonds. The first-order valence-electron chi connectivity index (χ1n) is 10.7. The summed E-state index contributed by atoms with van der Waals surface area (Å²) >= 11 is 0. The van der Waals surface area contributed by atoms with E-state index in [1.807, 2.05) is 31.2 Å². The molecule has 7 nitrogen and oxygen atoms in total. The van der Waals surface area contributed by atoms with Crippen molar-refractivity contribution in [2.75, 3.05) is 5.32 Å². The van der Waals surface area contributed by atoms with Crippen molar-refractivity contribution >= 4 is 17.7 Å². The number of halogens is 1. The maximum Gasteiger partial charge on any atom is 0.248 e. The second kappa shape index (κ2) is 10.0. The van der Waals surface area contributed by atoms with Crippen molar-refractivity contribution in [1.29, 1.82) is 0 Å². The normalized spacial score (nSPS) is 11.2. The van der Waals surface area contributed by atoms with E-state index in [0.29, 0.717) is 23.9 Å². The van der Waals surface area contributed by atoms with E-state index in [0.717, 1.165) is 35.2 Å². The number of amides is 1. The van der Waals surface area contributed by atoms with Crippen LogP contribution in [0.25, 0.3) is 17.3 Å². The Morgan fingerprint density at radius 2 is 1.79 bits per heavy atom. The Hall–Kier alpha value is -4.07. The average molecular weight is 445 g/mol. The van der Waals surface area contributed by atoms with Crippen LogP contribution in [0, 0.1) is 5.82 Å². The molecule has 2 aromatic heterocycles. The van der Waals surface area contributed by atoms with Gasteiger partial charge in [0, 0.05) is 42.8 Å². The van der Waals surface area contributed by atoms with Gasteiger partial charge >= 0.3 is 0 Å². The van der Waals surface area contributed by atoms with E-state index in [1.54, 1.807) is 36.1 Å². The number of aryl methyl sites for hydroxylation is 4. The number of anilines is 1. The standard InChI is InChI=1S/C25H24FN5O2/c1-3-23-29-30-24(33-23)15-6-17-4-12-21(13-5-17)28-22(32)14-9-19-16-27-31(2)25(19)18-7-10-20(26)11-8-18/h4-5,7-14,16H,3,6,15H2,1-2H3,(H,28,32)/b14-9+. The van der Waals surface area contributed by atoms with E-state index in [1.165, 1.54) is 18.2 Å². The molecule has 8 heteroatoms. The van der Waals surface area contributed by atoms with Gasteiger partial charge < -0.3 is 9.73 Å². The van der Waals surface area contributed by atoms with Crippen LogP contribution in [0.5, 0.6) is 0 Å². The molecular formula is C25H24FN5O2. The summed E-state index contributed by atoms with van der Waals surface area (Å²) in [5.74, 6) is 0.718. The lowest BCUT2D eigenvalue weighted by molar-refractivity contribution is -0.111. The number of nitrogens with one attached hydrogen (secondary N) is 1. The summed E-state index contributed by atoms with van der Waals surface area (Å²) in [6.07, 6.45) is 6.99. The Morgan fingerprint density at radius 1 is 1.06 bits per heavy atom. The molecule has 0 unspecified atom stereocenters. The van der Waals surface area contributed by atoms with E-state index in [-0.39, 0.29) is 11.7 Å². The first-order valence-corrected chi connectivity index (χ1v) is 10.7. The third-order valence-corrected chi connectivity index (χ3v) is 5.16. The van der Waals surface area contributed by atoms with Crippen LogP contribution in [0.2, 0.25) is 0 Å². The molecule has 0 aliphatic rings. The highest BCUT2D eigenvalue weighted by Crippen LogP contribution is 2.24. The Kier molecular flexibility index (Phi) is 6.73. The van der Waals surface area contributed by atoms with Gasteiger partial charge in [-0.2, -0.15) is 5.10 Å². The molecule has 4 aromatic rings. The van der Waals surface area contributed by atoms with Crippen molar-refractivity contribution in [1.82, 2.24) is 20.0 Å². The smallest absolute Gasteiger partial charge is 0.248 e. The van der Waals surface area contributed by atoms with Crippen molar-refractivity contribution in [3.63, 3.8) is 0 Å². The summed E-state index contributed by atoms with van der Waals surface area (Å²) in [5, 5.41) is 15.1. The summed E-state index contributed by atoms with van der Waals surface area (Å²) in [5.41, 5.74) is 4.19. The molecule has 168 valence electrons. The van der Waals surface area contributed by atoms with Crippen LogP contribution in [0.15, 0.2) is 65.2 Å². The fourth-order valence-electron chi connectivity index (χ4n) is 3.43. The number of nitrogens with zero attached hydrogens (tertiary/aromatic N) is 4. The number of rotatable bonds is 8.